The second-order valence-corrected chi connectivity index (χ2v) is 12.0. The average Bonchev–Trinajstić information content (AvgIpc) is 3.11. The third-order valence-electron chi connectivity index (χ3n) is 3.94. The second kappa shape index (κ2) is 6.88. The number of hydrogen-bond acceptors (Lipinski definition) is 6. The number of carbonyl (C=O) groups is 3. The molecule has 0 aromatic carbocycles. The summed E-state index contributed by atoms with van der Waals surface area (Å²) in [5.41, 5.74) is 0.237. The second-order valence-electron chi connectivity index (χ2n) is 7.09. The number of carbonyl (C=O) groups excluding carboxylic acids is 3. The van der Waals surface area contributed by atoms with Crippen LogP contribution in [-0.4, -0.2) is 55.3 Å². The molecule has 132 valence electrons. The molecule has 0 aliphatic carbocycles. The first-order chi connectivity index (χ1) is 11.1. The van der Waals surface area contributed by atoms with Crippen LogP contribution in [0.3, 0.4) is 0 Å². The van der Waals surface area contributed by atoms with Crippen LogP contribution < -0.4 is 5.38 Å². The van der Waals surface area contributed by atoms with Crippen LogP contribution in [0, 0.1) is 0 Å². The highest BCUT2D eigenvalue weighted by Gasteiger charge is 2.39. The fourth-order valence-corrected chi connectivity index (χ4v) is 4.13. The minimum Gasteiger partial charge on any atom is -0.467 e. The lowest BCUT2D eigenvalue weighted by molar-refractivity contribution is -0.145. The number of Topliss-reactive ketones (excluding diaryl/α,β-unsaturated/α-hetero) is 1. The van der Waals surface area contributed by atoms with Gasteiger partial charge in [0.05, 0.1) is 13.5 Å². The summed E-state index contributed by atoms with van der Waals surface area (Å²) in [6, 6.07) is -0.579. The van der Waals surface area contributed by atoms with E-state index in [2.05, 4.69) is 4.98 Å². The number of amides is 1. The van der Waals surface area contributed by atoms with Crippen molar-refractivity contribution in [3.63, 3.8) is 0 Å². The van der Waals surface area contributed by atoms with Crippen molar-refractivity contribution in [2.45, 2.75) is 51.9 Å². The van der Waals surface area contributed by atoms with E-state index >= 15 is 0 Å². The third kappa shape index (κ3) is 3.74. The van der Waals surface area contributed by atoms with Crippen molar-refractivity contribution >= 4 is 31.1 Å². The van der Waals surface area contributed by atoms with Crippen molar-refractivity contribution in [3.05, 3.63) is 11.6 Å². The highest BCUT2D eigenvalue weighted by atomic mass is 28.3. The van der Waals surface area contributed by atoms with Gasteiger partial charge in [0.25, 0.3) is 5.91 Å². The van der Waals surface area contributed by atoms with Crippen molar-refractivity contribution in [1.82, 2.24) is 9.88 Å². The van der Waals surface area contributed by atoms with E-state index in [0.717, 1.165) is 6.42 Å². The highest BCUT2D eigenvalue weighted by molar-refractivity contribution is 6.88. The maximum atomic E-state index is 13.0. The Morgan fingerprint density at radius 1 is 1.33 bits per heavy atom. The van der Waals surface area contributed by atoms with Gasteiger partial charge in [0.2, 0.25) is 5.89 Å². The van der Waals surface area contributed by atoms with Crippen LogP contribution in [0.5, 0.6) is 0 Å². The quantitative estimate of drug-likeness (QED) is 0.583. The molecule has 0 radical (unpaired) electrons. The molecule has 1 aliphatic rings. The summed E-state index contributed by atoms with van der Waals surface area (Å²) in [5, 5.41) is 0.569. The molecule has 0 N–H and O–H groups in total. The number of esters is 1. The van der Waals surface area contributed by atoms with Gasteiger partial charge in [0.1, 0.15) is 25.3 Å². The lowest BCUT2D eigenvalue weighted by atomic mass is 10.2. The van der Waals surface area contributed by atoms with E-state index in [9.17, 15) is 14.4 Å². The number of aromatic nitrogens is 1. The number of rotatable bonds is 5. The molecule has 24 heavy (non-hydrogen) atoms. The zero-order valence-corrected chi connectivity index (χ0v) is 15.8. The topological polar surface area (TPSA) is 89.7 Å². The third-order valence-corrected chi connectivity index (χ3v) is 5.64. The first kappa shape index (κ1) is 18.4. The molecule has 0 unspecified atom stereocenters. The maximum Gasteiger partial charge on any atom is 0.328 e. The normalized spacial score (nSPS) is 17.9. The first-order valence-corrected chi connectivity index (χ1v) is 11.5. The molecule has 0 spiro atoms. The van der Waals surface area contributed by atoms with Gasteiger partial charge in [-0.15, -0.1) is 0 Å². The Labute approximate surface area is 142 Å². The molecule has 1 aromatic rings. The first-order valence-electron chi connectivity index (χ1n) is 8.03. The van der Waals surface area contributed by atoms with Gasteiger partial charge in [-0.3, -0.25) is 9.59 Å². The van der Waals surface area contributed by atoms with E-state index in [1.165, 1.54) is 18.9 Å². The van der Waals surface area contributed by atoms with Crippen LogP contribution in [0.2, 0.25) is 19.6 Å². The van der Waals surface area contributed by atoms with Crippen molar-refractivity contribution in [3.8, 4) is 0 Å². The molecule has 1 amide bonds. The van der Waals surface area contributed by atoms with Gasteiger partial charge >= 0.3 is 5.97 Å². The van der Waals surface area contributed by atoms with Crippen LogP contribution in [0.25, 0.3) is 0 Å². The number of ketones is 1. The number of methoxy groups -OCH3 is 1. The van der Waals surface area contributed by atoms with Crippen LogP contribution in [0.1, 0.15) is 36.1 Å². The Morgan fingerprint density at radius 3 is 2.54 bits per heavy atom. The van der Waals surface area contributed by atoms with Gasteiger partial charge < -0.3 is 14.1 Å². The molecule has 1 saturated heterocycles. The summed E-state index contributed by atoms with van der Waals surface area (Å²) in [6.45, 7) is 8.07. The molecule has 2 heterocycles. The Balaban J connectivity index is 2.39. The number of oxazole rings is 1. The summed E-state index contributed by atoms with van der Waals surface area (Å²) >= 11 is 0. The lowest BCUT2D eigenvalue weighted by Crippen LogP contribution is -2.46. The number of likely N-dealkylation sites (tertiary alicyclic amines) is 1. The number of nitrogens with zero attached hydrogens (tertiary/aromatic N) is 2. The van der Waals surface area contributed by atoms with Crippen molar-refractivity contribution in [2.75, 3.05) is 13.7 Å². The molecule has 7 nitrogen and oxygen atoms in total. The Morgan fingerprint density at radius 2 is 2.00 bits per heavy atom. The van der Waals surface area contributed by atoms with Gasteiger partial charge in [-0.2, -0.15) is 0 Å². The Bertz CT molecular complexity index is 662. The predicted molar refractivity (Wildman–Crippen MR) is 89.9 cm³/mol. The van der Waals surface area contributed by atoms with Crippen LogP contribution in [0.15, 0.2) is 4.42 Å². The van der Waals surface area contributed by atoms with Gasteiger partial charge in [0, 0.05) is 6.54 Å². The fourth-order valence-electron chi connectivity index (χ4n) is 2.83. The molecule has 0 bridgehead atoms. The summed E-state index contributed by atoms with van der Waals surface area (Å²) in [5.74, 6) is -0.551. The van der Waals surface area contributed by atoms with Crippen LogP contribution in [0.4, 0.5) is 0 Å². The zero-order valence-electron chi connectivity index (χ0n) is 14.8. The molecule has 1 aliphatic heterocycles. The van der Waals surface area contributed by atoms with Gasteiger partial charge in [0.15, 0.2) is 5.69 Å². The van der Waals surface area contributed by atoms with Gasteiger partial charge in [-0.25, -0.2) is 9.78 Å². The number of hydrogen-bond donors (Lipinski definition) is 0. The van der Waals surface area contributed by atoms with E-state index in [1.807, 2.05) is 19.6 Å². The fraction of sp³-hybridized carbons (Fsp3) is 0.625. The predicted octanol–water partition coefficient (Wildman–Crippen LogP) is 1.13. The van der Waals surface area contributed by atoms with Crippen LogP contribution >= 0.6 is 0 Å². The smallest absolute Gasteiger partial charge is 0.328 e. The summed E-state index contributed by atoms with van der Waals surface area (Å²) in [7, 11) is -0.666. The van der Waals surface area contributed by atoms with Crippen molar-refractivity contribution in [1.29, 1.82) is 0 Å². The lowest BCUT2D eigenvalue weighted by Gasteiger charge is -2.23. The molecular formula is C16H24N2O5Si. The van der Waals surface area contributed by atoms with E-state index < -0.39 is 20.1 Å². The molecule has 1 aromatic heterocycles. The maximum absolute atomic E-state index is 13.0. The summed E-state index contributed by atoms with van der Waals surface area (Å²) < 4.78 is 10.6. The van der Waals surface area contributed by atoms with E-state index in [4.69, 9.17) is 9.15 Å². The monoisotopic (exact) mass is 352 g/mol. The van der Waals surface area contributed by atoms with Gasteiger partial charge in [-0.1, -0.05) is 19.6 Å². The molecule has 8 heteroatoms. The largest absolute Gasteiger partial charge is 0.467 e. The SMILES string of the molecule is COC(=O)[C@H]1CCCN1C(=O)c1nc(CC(C)=O)oc1[Si](C)(C)C. The molecular weight excluding hydrogens is 328 g/mol. The standard InChI is InChI=1S/C16H24N2O5Si/c1-10(19)9-12-17-13(16(23-12)24(3,4)5)14(20)18-8-6-7-11(18)15(21)22-2/h11H,6-9H2,1-5H3/t11-/m1/s1. The minimum absolute atomic E-state index is 0.0607. The zero-order chi connectivity index (χ0) is 18.1. The Hall–Kier alpha value is -1.96. The van der Waals surface area contributed by atoms with Crippen molar-refractivity contribution in [2.24, 2.45) is 0 Å². The molecule has 1 fully saturated rings. The van der Waals surface area contributed by atoms with E-state index in [1.54, 1.807) is 0 Å². The van der Waals surface area contributed by atoms with Crippen LogP contribution in [-0.2, 0) is 20.7 Å². The minimum atomic E-state index is -1.98. The Kier molecular flexibility index (Phi) is 5.27. The molecule has 1 atom stereocenters. The average molecular weight is 352 g/mol. The van der Waals surface area contributed by atoms with E-state index in [-0.39, 0.29) is 29.7 Å². The molecule has 2 rings (SSSR count). The molecule has 0 saturated carbocycles. The summed E-state index contributed by atoms with van der Waals surface area (Å²) in [4.78, 5) is 42.0. The van der Waals surface area contributed by atoms with Crippen molar-refractivity contribution < 1.29 is 23.5 Å². The van der Waals surface area contributed by atoms with Gasteiger partial charge in [-0.05, 0) is 19.8 Å². The number of ether oxygens (including phenoxy) is 1. The van der Waals surface area contributed by atoms with E-state index in [0.29, 0.717) is 18.3 Å². The summed E-state index contributed by atoms with van der Waals surface area (Å²) in [6.07, 6.45) is 1.38. The highest BCUT2D eigenvalue weighted by Crippen LogP contribution is 2.22.